The van der Waals surface area contributed by atoms with Crippen LogP contribution in [0.5, 0.6) is 11.5 Å². The Hall–Kier alpha value is -3.18. The molecule has 6 heteroatoms. The summed E-state index contributed by atoms with van der Waals surface area (Å²) in [5, 5.41) is 4.92. The smallest absolute Gasteiger partial charge is 0.170 e. The fourth-order valence-electron chi connectivity index (χ4n) is 3.09. The van der Waals surface area contributed by atoms with Crippen molar-refractivity contribution in [1.29, 1.82) is 0 Å². The quantitative estimate of drug-likeness (QED) is 0.427. The number of anilines is 2. The third-order valence-corrected chi connectivity index (χ3v) is 4.61. The molecule has 3 aromatic heterocycles. The molecular formula is C20H13ClN4O. The molecule has 0 saturated carbocycles. The van der Waals surface area contributed by atoms with Gasteiger partial charge in [0.05, 0.1) is 29.0 Å². The summed E-state index contributed by atoms with van der Waals surface area (Å²) >= 11 is 6.05. The zero-order valence-corrected chi connectivity index (χ0v) is 14.6. The maximum atomic E-state index is 6.05. The number of fused-ring (bicyclic) bond motifs is 4. The van der Waals surface area contributed by atoms with Crippen LogP contribution in [0.15, 0.2) is 54.9 Å². The Labute approximate surface area is 154 Å². The number of benzene rings is 1. The van der Waals surface area contributed by atoms with Crippen molar-refractivity contribution in [1.82, 2.24) is 15.0 Å². The van der Waals surface area contributed by atoms with E-state index in [4.69, 9.17) is 21.3 Å². The molecule has 1 aliphatic rings. The average Bonchev–Trinajstić information content (AvgIpc) is 2.66. The molecule has 0 amide bonds. The van der Waals surface area contributed by atoms with Gasteiger partial charge in [-0.1, -0.05) is 17.7 Å². The van der Waals surface area contributed by atoms with Crippen molar-refractivity contribution in [2.24, 2.45) is 0 Å². The van der Waals surface area contributed by atoms with Crippen LogP contribution in [0.4, 0.5) is 11.4 Å². The van der Waals surface area contributed by atoms with Gasteiger partial charge in [-0.3, -0.25) is 4.98 Å². The minimum absolute atomic E-state index is 0.625. The summed E-state index contributed by atoms with van der Waals surface area (Å²) < 4.78 is 5.95. The summed E-state index contributed by atoms with van der Waals surface area (Å²) in [6.07, 6.45) is 3.45. The number of nitrogens with zero attached hydrogens (tertiary/aromatic N) is 3. The highest BCUT2D eigenvalue weighted by Crippen LogP contribution is 2.45. The second kappa shape index (κ2) is 5.68. The van der Waals surface area contributed by atoms with Crippen LogP contribution in [-0.4, -0.2) is 15.0 Å². The average molecular weight is 361 g/mol. The largest absolute Gasteiger partial charge is 0.451 e. The Morgan fingerprint density at radius 3 is 2.85 bits per heavy atom. The van der Waals surface area contributed by atoms with E-state index in [1.165, 1.54) is 0 Å². The van der Waals surface area contributed by atoms with E-state index < -0.39 is 0 Å². The number of aromatic nitrogens is 3. The maximum absolute atomic E-state index is 6.05. The molecule has 0 atom stereocenters. The summed E-state index contributed by atoms with van der Waals surface area (Å²) in [6, 6.07) is 13.4. The first-order valence-corrected chi connectivity index (χ1v) is 8.53. The van der Waals surface area contributed by atoms with Gasteiger partial charge in [0.15, 0.2) is 17.1 Å². The zero-order chi connectivity index (χ0) is 17.7. The summed E-state index contributed by atoms with van der Waals surface area (Å²) in [5.74, 6) is 1.33. The predicted molar refractivity (Wildman–Crippen MR) is 102 cm³/mol. The van der Waals surface area contributed by atoms with Crippen molar-refractivity contribution in [3.05, 3.63) is 65.4 Å². The Bertz CT molecular complexity index is 1180. The summed E-state index contributed by atoms with van der Waals surface area (Å²) in [4.78, 5) is 13.6. The number of halogens is 1. The monoisotopic (exact) mass is 360 g/mol. The highest BCUT2D eigenvalue weighted by atomic mass is 35.5. The van der Waals surface area contributed by atoms with E-state index >= 15 is 0 Å². The molecular weight excluding hydrogens is 348 g/mol. The third-order valence-electron chi connectivity index (χ3n) is 4.37. The van der Waals surface area contributed by atoms with Gasteiger partial charge in [0.25, 0.3) is 0 Å². The molecule has 1 aliphatic heterocycles. The van der Waals surface area contributed by atoms with Crippen molar-refractivity contribution < 1.29 is 4.74 Å². The molecule has 126 valence electrons. The Morgan fingerprint density at radius 2 is 1.96 bits per heavy atom. The second-order valence-corrected chi connectivity index (χ2v) is 6.54. The van der Waals surface area contributed by atoms with Crippen LogP contribution in [0, 0.1) is 6.92 Å². The number of pyridine rings is 3. The molecule has 0 saturated heterocycles. The number of hydrogen-bond donors (Lipinski definition) is 1. The molecule has 0 fully saturated rings. The first-order valence-electron chi connectivity index (χ1n) is 8.15. The topological polar surface area (TPSA) is 59.9 Å². The van der Waals surface area contributed by atoms with Gasteiger partial charge >= 0.3 is 0 Å². The van der Waals surface area contributed by atoms with Crippen molar-refractivity contribution >= 4 is 34.0 Å². The lowest BCUT2D eigenvalue weighted by Crippen LogP contribution is -2.05. The van der Waals surface area contributed by atoms with Crippen LogP contribution in [0.1, 0.15) is 5.56 Å². The standard InChI is InChI=1S/C20H13ClN4O/c1-11-3-2-8-22-18(11)15-7-5-13-19-17(10-23-20(13)25-15)26-16-9-12(21)4-6-14(16)24-19/h2-10,24H,1H3. The highest BCUT2D eigenvalue weighted by molar-refractivity contribution is 6.30. The Balaban J connectivity index is 1.64. The minimum Gasteiger partial charge on any atom is -0.451 e. The van der Waals surface area contributed by atoms with E-state index in [9.17, 15) is 0 Å². The van der Waals surface area contributed by atoms with Crippen LogP contribution < -0.4 is 10.1 Å². The van der Waals surface area contributed by atoms with Crippen LogP contribution in [0.25, 0.3) is 22.4 Å². The van der Waals surface area contributed by atoms with Crippen molar-refractivity contribution in [2.45, 2.75) is 6.92 Å². The number of nitrogens with one attached hydrogen (secondary N) is 1. The number of rotatable bonds is 1. The van der Waals surface area contributed by atoms with Crippen LogP contribution in [0.2, 0.25) is 5.02 Å². The van der Waals surface area contributed by atoms with Gasteiger partial charge in [0.2, 0.25) is 0 Å². The normalized spacial score (nSPS) is 12.1. The van der Waals surface area contributed by atoms with Crippen molar-refractivity contribution in [3.8, 4) is 22.9 Å². The van der Waals surface area contributed by atoms with Gasteiger partial charge in [-0.05, 0) is 42.8 Å². The molecule has 0 radical (unpaired) electrons. The maximum Gasteiger partial charge on any atom is 0.170 e. The summed E-state index contributed by atoms with van der Waals surface area (Å²) in [6.45, 7) is 2.02. The van der Waals surface area contributed by atoms with Crippen molar-refractivity contribution in [2.75, 3.05) is 5.32 Å². The minimum atomic E-state index is 0.625. The molecule has 1 aromatic carbocycles. The number of aryl methyl sites for hydroxylation is 1. The number of hydrogen-bond acceptors (Lipinski definition) is 5. The van der Waals surface area contributed by atoms with E-state index in [2.05, 4.69) is 15.3 Å². The van der Waals surface area contributed by atoms with E-state index in [1.807, 2.05) is 43.3 Å². The third kappa shape index (κ3) is 2.36. The molecule has 0 unspecified atom stereocenters. The van der Waals surface area contributed by atoms with Crippen molar-refractivity contribution in [3.63, 3.8) is 0 Å². The molecule has 26 heavy (non-hydrogen) atoms. The Kier molecular flexibility index (Phi) is 3.30. The molecule has 0 aliphatic carbocycles. The van der Waals surface area contributed by atoms with Gasteiger partial charge in [-0.2, -0.15) is 0 Å². The van der Waals surface area contributed by atoms with Gasteiger partial charge in [0, 0.05) is 22.7 Å². The van der Waals surface area contributed by atoms with E-state index in [-0.39, 0.29) is 0 Å². The van der Waals surface area contributed by atoms with Gasteiger partial charge < -0.3 is 10.1 Å². The fraction of sp³-hybridized carbons (Fsp3) is 0.0500. The lowest BCUT2D eigenvalue weighted by atomic mass is 10.1. The van der Waals surface area contributed by atoms with Crippen LogP contribution >= 0.6 is 11.6 Å². The SMILES string of the molecule is Cc1cccnc1-c1ccc2c3c(cnc2n1)Oc1cc(Cl)ccc1N3. The lowest BCUT2D eigenvalue weighted by molar-refractivity contribution is 0.480. The highest BCUT2D eigenvalue weighted by Gasteiger charge is 2.20. The number of ether oxygens (including phenoxy) is 1. The molecule has 1 N–H and O–H groups in total. The molecule has 5 rings (SSSR count). The first-order chi connectivity index (χ1) is 12.7. The van der Waals surface area contributed by atoms with Gasteiger partial charge in [-0.25, -0.2) is 9.97 Å². The zero-order valence-electron chi connectivity index (χ0n) is 13.8. The second-order valence-electron chi connectivity index (χ2n) is 6.10. The summed E-state index contributed by atoms with van der Waals surface area (Å²) in [7, 11) is 0. The lowest BCUT2D eigenvalue weighted by Gasteiger charge is -2.22. The molecule has 0 bridgehead atoms. The molecule has 4 heterocycles. The van der Waals surface area contributed by atoms with Crippen LogP contribution in [-0.2, 0) is 0 Å². The molecule has 0 spiro atoms. The predicted octanol–water partition coefficient (Wildman–Crippen LogP) is 5.50. The fourth-order valence-corrected chi connectivity index (χ4v) is 3.25. The molecule has 4 aromatic rings. The van der Waals surface area contributed by atoms with Gasteiger partial charge in [-0.15, -0.1) is 0 Å². The first kappa shape index (κ1) is 15.1. The van der Waals surface area contributed by atoms with E-state index in [1.54, 1.807) is 18.5 Å². The molecule has 5 nitrogen and oxygen atoms in total. The summed E-state index contributed by atoms with van der Waals surface area (Å²) in [5.41, 5.74) is 5.08. The van der Waals surface area contributed by atoms with Gasteiger partial charge in [0.1, 0.15) is 0 Å². The Morgan fingerprint density at radius 1 is 1.04 bits per heavy atom. The van der Waals surface area contributed by atoms with Crippen LogP contribution in [0.3, 0.4) is 0 Å². The van der Waals surface area contributed by atoms with E-state index in [0.29, 0.717) is 22.2 Å². The van der Waals surface area contributed by atoms with E-state index in [0.717, 1.165) is 33.7 Å².